The van der Waals surface area contributed by atoms with Crippen LogP contribution in [0.4, 0.5) is 0 Å². The molecule has 0 aliphatic heterocycles. The minimum absolute atomic E-state index is 0. The molecule has 0 fully saturated rings. The van der Waals surface area contributed by atoms with Crippen LogP contribution in [0, 0.1) is 6.92 Å². The molecule has 4 aromatic carbocycles. The summed E-state index contributed by atoms with van der Waals surface area (Å²) in [6.07, 6.45) is 2.15. The number of hydrogen-bond donors (Lipinski definition) is 0. The van der Waals surface area contributed by atoms with Gasteiger partial charge < -0.3 is 25.8 Å². The molecule has 7 rings (SSSR count). The van der Waals surface area contributed by atoms with E-state index < -0.39 is 0 Å². The second-order valence-electron chi connectivity index (χ2n) is 10.1. The summed E-state index contributed by atoms with van der Waals surface area (Å²) in [4.78, 5) is 13.3. The van der Waals surface area contributed by atoms with Crippen molar-refractivity contribution >= 4 is 60.3 Å². The van der Waals surface area contributed by atoms with Crippen LogP contribution in [0.2, 0.25) is 0 Å². The van der Waals surface area contributed by atoms with Gasteiger partial charge in [0.1, 0.15) is 29.2 Å². The first kappa shape index (κ1) is 27.9. The number of rotatable bonds is 7. The van der Waals surface area contributed by atoms with Gasteiger partial charge in [-0.3, -0.25) is 4.79 Å². The second-order valence-corrected chi connectivity index (χ2v) is 11.0. The minimum Gasteiger partial charge on any atom is -1.00 e. The quantitative estimate of drug-likeness (QED) is 0.165. The predicted molar refractivity (Wildman–Crippen MR) is 165 cm³/mol. The fourth-order valence-electron chi connectivity index (χ4n) is 5.45. The fraction of sp³-hybridized carbons (Fsp3) is 0.0857. The van der Waals surface area contributed by atoms with Crippen molar-refractivity contribution in [3.05, 3.63) is 143 Å². The van der Waals surface area contributed by atoms with Crippen molar-refractivity contribution < 1.29 is 35.2 Å². The molecule has 7 aromatic rings. The van der Waals surface area contributed by atoms with Crippen molar-refractivity contribution in [3.63, 3.8) is 0 Å². The van der Waals surface area contributed by atoms with Crippen LogP contribution >= 0.6 is 15.9 Å². The van der Waals surface area contributed by atoms with Gasteiger partial charge >= 0.3 is 0 Å². The van der Waals surface area contributed by atoms with E-state index in [0.717, 1.165) is 60.4 Å². The first-order chi connectivity index (χ1) is 20.0. The van der Waals surface area contributed by atoms with Crippen LogP contribution in [-0.4, -0.2) is 10.4 Å². The molecule has 0 spiro atoms. The van der Waals surface area contributed by atoms with E-state index >= 15 is 0 Å². The highest BCUT2D eigenvalue weighted by molar-refractivity contribution is 9.10. The number of nitrogens with zero attached hydrogens (tertiary/aromatic N) is 2. The van der Waals surface area contributed by atoms with Gasteiger partial charge in [-0.05, 0) is 54.6 Å². The molecule has 3 heterocycles. The Morgan fingerprint density at radius 2 is 1.38 bits per heavy atom. The summed E-state index contributed by atoms with van der Waals surface area (Å²) in [7, 11) is 0. The third-order valence-electron chi connectivity index (χ3n) is 7.57. The van der Waals surface area contributed by atoms with Gasteiger partial charge in [-0.25, -0.2) is 9.13 Å². The summed E-state index contributed by atoms with van der Waals surface area (Å²) in [6.45, 7) is 2.88. The lowest BCUT2D eigenvalue weighted by Crippen LogP contribution is -3.00. The summed E-state index contributed by atoms with van der Waals surface area (Å²) in [5.41, 5.74) is 5.30. The van der Waals surface area contributed by atoms with E-state index in [9.17, 15) is 4.79 Å². The monoisotopic (exact) mass is 680 g/mol. The predicted octanol–water partition coefficient (Wildman–Crippen LogP) is 5.51. The Kier molecular flexibility index (Phi) is 7.71. The molecule has 7 heteroatoms. The van der Waals surface area contributed by atoms with Crippen LogP contribution in [-0.2, 0) is 13.1 Å². The molecule has 0 N–H and O–H groups in total. The Hall–Kier alpha value is -4.20. The van der Waals surface area contributed by atoms with Crippen molar-refractivity contribution in [1.29, 1.82) is 0 Å². The molecule has 3 aromatic heterocycles. The van der Waals surface area contributed by atoms with Crippen LogP contribution < -0.4 is 21.5 Å². The highest BCUT2D eigenvalue weighted by Gasteiger charge is 2.24. The van der Waals surface area contributed by atoms with E-state index in [-0.39, 0.29) is 29.3 Å². The highest BCUT2D eigenvalue weighted by Crippen LogP contribution is 2.33. The van der Waals surface area contributed by atoms with E-state index in [1.165, 1.54) is 0 Å². The number of allylic oxidation sites excluding steroid dienone is 1. The molecule has 0 saturated heterocycles. The van der Waals surface area contributed by atoms with Gasteiger partial charge in [0.15, 0.2) is 17.6 Å². The number of ketones is 1. The summed E-state index contributed by atoms with van der Waals surface area (Å²) < 4.78 is 17.9. The van der Waals surface area contributed by atoms with Gasteiger partial charge in [-0.15, -0.1) is 0 Å². The molecule has 0 saturated carbocycles. The van der Waals surface area contributed by atoms with Crippen LogP contribution in [0.3, 0.4) is 0 Å². The highest BCUT2D eigenvalue weighted by atomic mass is 79.9. The average Bonchev–Trinajstić information content (AvgIpc) is 3.68. The summed E-state index contributed by atoms with van der Waals surface area (Å²) >= 11 is 3.45. The number of furan rings is 2. The molecule has 5 nitrogen and oxygen atoms in total. The first-order valence-electron chi connectivity index (χ1n) is 13.5. The van der Waals surface area contributed by atoms with Gasteiger partial charge in [0.25, 0.3) is 5.82 Å². The maximum Gasteiger partial charge on any atom is 0.254 e. The summed E-state index contributed by atoms with van der Waals surface area (Å²) in [6, 6.07) is 35.9. The summed E-state index contributed by atoms with van der Waals surface area (Å²) in [5, 5.41) is 2.08. The van der Waals surface area contributed by atoms with Crippen molar-refractivity contribution in [2.45, 2.75) is 20.0 Å². The number of carbonyl (C=O) groups excluding carboxylic acids is 1. The van der Waals surface area contributed by atoms with E-state index in [2.05, 4.69) is 62.3 Å². The minimum atomic E-state index is 0. The van der Waals surface area contributed by atoms with Crippen LogP contribution in [0.15, 0.2) is 129 Å². The maximum absolute atomic E-state index is 13.3. The number of aromatic nitrogens is 2. The molecule has 0 unspecified atom stereocenters. The van der Waals surface area contributed by atoms with Crippen molar-refractivity contribution in [2.24, 2.45) is 0 Å². The van der Waals surface area contributed by atoms with Crippen molar-refractivity contribution in [3.8, 4) is 0 Å². The number of fused-ring (bicyclic) bond motifs is 3. The largest absolute Gasteiger partial charge is 1.00 e. The molecule has 208 valence electrons. The average molecular weight is 682 g/mol. The van der Waals surface area contributed by atoms with E-state index in [0.29, 0.717) is 12.1 Å². The van der Waals surface area contributed by atoms with Crippen molar-refractivity contribution in [1.82, 2.24) is 4.57 Å². The van der Waals surface area contributed by atoms with E-state index in [1.807, 2.05) is 84.9 Å². The third-order valence-corrected chi connectivity index (χ3v) is 8.10. The fourth-order valence-corrected chi connectivity index (χ4v) is 5.71. The number of imidazole rings is 1. The molecule has 42 heavy (non-hydrogen) atoms. The zero-order valence-corrected chi connectivity index (χ0v) is 25.9. The smallest absolute Gasteiger partial charge is 0.254 e. The lowest BCUT2D eigenvalue weighted by Gasteiger charge is -2.03. The zero-order valence-electron chi connectivity index (χ0n) is 22.8. The SMILES string of the molecule is Cc1n(CC=C(c2cc3ccccc3o2)c2cc3ccccc3o2)c2ccccc2[n+]1CC(=O)c1ccc(Br)cc1.[Br-]. The number of hydrogen-bond acceptors (Lipinski definition) is 3. The Morgan fingerprint density at radius 3 is 2.00 bits per heavy atom. The number of carbonyl (C=O) groups is 1. The van der Waals surface area contributed by atoms with Gasteiger partial charge in [0, 0.05) is 27.7 Å². The normalized spacial score (nSPS) is 11.2. The van der Waals surface area contributed by atoms with Gasteiger partial charge in [0.05, 0.1) is 5.57 Å². The summed E-state index contributed by atoms with van der Waals surface area (Å²) in [5.74, 6) is 2.55. The number of Topliss-reactive ketones (excluding diaryl/α,β-unsaturated/α-hetero) is 1. The van der Waals surface area contributed by atoms with Crippen LogP contribution in [0.25, 0.3) is 38.5 Å². The van der Waals surface area contributed by atoms with Crippen LogP contribution in [0.5, 0.6) is 0 Å². The standard InChI is InChI=1S/C35H26BrN2O3.BrH/c1-23-37(29-10-4-5-11-30(29)38(23)22-31(39)24-14-16-27(36)17-15-24)19-18-28(34-20-25-8-2-6-12-32(25)40-34)35-21-26-9-3-7-13-33(26)41-35;/h2-18,20-21H,19,22H2,1H3;1H/q+1;/p-1. The van der Waals surface area contributed by atoms with Crippen molar-refractivity contribution in [2.75, 3.05) is 0 Å². The van der Waals surface area contributed by atoms with Crippen LogP contribution in [0.1, 0.15) is 27.7 Å². The molecule has 0 aliphatic rings. The molecular weight excluding hydrogens is 656 g/mol. The Balaban J connectivity index is 0.00000316. The van der Waals surface area contributed by atoms with Gasteiger partial charge in [-0.1, -0.05) is 76.6 Å². The zero-order chi connectivity index (χ0) is 27.9. The topological polar surface area (TPSA) is 52.2 Å². The Bertz CT molecular complexity index is 1960. The van der Waals surface area contributed by atoms with Gasteiger partial charge in [-0.2, -0.15) is 0 Å². The first-order valence-corrected chi connectivity index (χ1v) is 14.3. The molecule has 0 radical (unpaired) electrons. The van der Waals surface area contributed by atoms with Gasteiger partial charge in [0.2, 0.25) is 5.78 Å². The molecule has 0 atom stereocenters. The Morgan fingerprint density at radius 1 is 0.810 bits per heavy atom. The molecule has 0 amide bonds. The lowest BCUT2D eigenvalue weighted by atomic mass is 10.1. The van der Waals surface area contributed by atoms with E-state index in [4.69, 9.17) is 8.83 Å². The Labute approximate surface area is 261 Å². The number of para-hydroxylation sites is 4. The number of halogens is 2. The molecule has 0 bridgehead atoms. The number of benzene rings is 4. The maximum atomic E-state index is 13.3. The third kappa shape index (κ3) is 5.14. The molecule has 0 aliphatic carbocycles. The lowest BCUT2D eigenvalue weighted by molar-refractivity contribution is -0.664. The molecular formula is C35H26Br2N2O3. The van der Waals surface area contributed by atoms with E-state index in [1.54, 1.807) is 0 Å². The second kappa shape index (κ2) is 11.6.